The van der Waals surface area contributed by atoms with E-state index in [2.05, 4.69) is 26.9 Å². The summed E-state index contributed by atoms with van der Waals surface area (Å²) in [7, 11) is 0. The van der Waals surface area contributed by atoms with Crippen molar-refractivity contribution in [2.75, 3.05) is 0 Å². The minimum atomic E-state index is 0.705. The molecule has 0 saturated heterocycles. The number of benzene rings is 1. The summed E-state index contributed by atoms with van der Waals surface area (Å²) < 4.78 is 2.47. The van der Waals surface area contributed by atoms with Crippen LogP contribution in [-0.4, -0.2) is 14.8 Å². The molecular weight excluding hydrogens is 294 g/mol. The lowest BCUT2D eigenvalue weighted by molar-refractivity contribution is 0.616. The number of hydrogen-bond acceptors (Lipinski definition) is 2. The Labute approximate surface area is 136 Å². The van der Waals surface area contributed by atoms with Crippen molar-refractivity contribution in [1.29, 1.82) is 0 Å². The molecule has 0 aliphatic heterocycles. The summed E-state index contributed by atoms with van der Waals surface area (Å²) in [5.74, 6) is 3.20. The quantitative estimate of drug-likeness (QED) is 0.693. The first-order valence-electron chi connectivity index (χ1n) is 8.49. The fourth-order valence-electron chi connectivity index (χ4n) is 3.12. The Morgan fingerprint density at radius 3 is 2.36 bits per heavy atom. The van der Waals surface area contributed by atoms with Gasteiger partial charge in [0.05, 0.1) is 0 Å². The van der Waals surface area contributed by atoms with Crippen molar-refractivity contribution in [3.05, 3.63) is 46.5 Å². The SMILES string of the molecule is Clc1ccc(CCCCc2nnc(C3CC3)n2C2CC2)cc1. The van der Waals surface area contributed by atoms with Crippen molar-refractivity contribution in [3.63, 3.8) is 0 Å². The van der Waals surface area contributed by atoms with Gasteiger partial charge >= 0.3 is 0 Å². The molecule has 0 N–H and O–H groups in total. The van der Waals surface area contributed by atoms with Gasteiger partial charge in [-0.3, -0.25) is 0 Å². The van der Waals surface area contributed by atoms with Crippen LogP contribution < -0.4 is 0 Å². The molecule has 1 aromatic heterocycles. The number of rotatable bonds is 7. The van der Waals surface area contributed by atoms with E-state index < -0.39 is 0 Å². The van der Waals surface area contributed by atoms with Gasteiger partial charge in [-0.1, -0.05) is 23.7 Å². The zero-order valence-corrected chi connectivity index (χ0v) is 13.6. The third-order valence-electron chi connectivity index (χ3n) is 4.68. The van der Waals surface area contributed by atoms with Gasteiger partial charge in [0.15, 0.2) is 0 Å². The first kappa shape index (κ1) is 14.3. The third-order valence-corrected chi connectivity index (χ3v) is 4.93. The van der Waals surface area contributed by atoms with Crippen molar-refractivity contribution in [2.24, 2.45) is 0 Å². The lowest BCUT2D eigenvalue weighted by Crippen LogP contribution is -2.05. The average molecular weight is 316 g/mol. The molecule has 2 aliphatic carbocycles. The highest BCUT2D eigenvalue weighted by Gasteiger charge is 2.35. The highest BCUT2D eigenvalue weighted by Crippen LogP contribution is 2.44. The van der Waals surface area contributed by atoms with E-state index in [1.54, 1.807) is 0 Å². The van der Waals surface area contributed by atoms with Crippen LogP contribution >= 0.6 is 11.6 Å². The summed E-state index contributed by atoms with van der Waals surface area (Å²) in [6.45, 7) is 0. The Morgan fingerprint density at radius 1 is 0.955 bits per heavy atom. The standard InChI is InChI=1S/C18H22ClN3/c19-15-9-5-13(6-10-15)3-1-2-4-17-20-21-18(14-7-8-14)22(17)16-11-12-16/h5-6,9-10,14,16H,1-4,7-8,11-12H2. The third kappa shape index (κ3) is 3.19. The van der Waals surface area contributed by atoms with Gasteiger partial charge < -0.3 is 4.57 Å². The second-order valence-corrected chi connectivity index (χ2v) is 7.12. The van der Waals surface area contributed by atoms with Crippen molar-refractivity contribution in [2.45, 2.75) is 63.3 Å². The maximum atomic E-state index is 5.92. The zero-order valence-electron chi connectivity index (χ0n) is 12.8. The summed E-state index contributed by atoms with van der Waals surface area (Å²) >= 11 is 5.92. The van der Waals surface area contributed by atoms with Gasteiger partial charge in [-0.25, -0.2) is 0 Å². The molecule has 2 aromatic rings. The first-order chi connectivity index (χ1) is 10.8. The largest absolute Gasteiger partial charge is 0.312 e. The van der Waals surface area contributed by atoms with Crippen LogP contribution in [0.25, 0.3) is 0 Å². The Balaban J connectivity index is 1.33. The van der Waals surface area contributed by atoms with E-state index in [-0.39, 0.29) is 0 Å². The maximum absolute atomic E-state index is 5.92. The first-order valence-corrected chi connectivity index (χ1v) is 8.87. The van der Waals surface area contributed by atoms with E-state index in [1.165, 1.54) is 55.7 Å². The fourth-order valence-corrected chi connectivity index (χ4v) is 3.25. The van der Waals surface area contributed by atoms with Gasteiger partial charge in [0.25, 0.3) is 0 Å². The van der Waals surface area contributed by atoms with E-state index in [0.29, 0.717) is 12.0 Å². The van der Waals surface area contributed by atoms with Gasteiger partial charge in [0, 0.05) is 23.4 Å². The van der Waals surface area contributed by atoms with Crippen LogP contribution in [0.1, 0.15) is 67.7 Å². The monoisotopic (exact) mass is 315 g/mol. The van der Waals surface area contributed by atoms with Crippen molar-refractivity contribution in [3.8, 4) is 0 Å². The van der Waals surface area contributed by atoms with E-state index in [0.717, 1.165) is 17.9 Å². The molecule has 1 aromatic carbocycles. The molecule has 4 rings (SSSR count). The van der Waals surface area contributed by atoms with Crippen molar-refractivity contribution >= 4 is 11.6 Å². The van der Waals surface area contributed by atoms with E-state index in [1.807, 2.05) is 12.1 Å². The average Bonchev–Trinajstić information content (AvgIpc) is 3.44. The number of hydrogen-bond donors (Lipinski definition) is 0. The Morgan fingerprint density at radius 2 is 1.68 bits per heavy atom. The summed E-state index contributed by atoms with van der Waals surface area (Å²) in [6, 6.07) is 8.91. The topological polar surface area (TPSA) is 30.7 Å². The predicted molar refractivity (Wildman–Crippen MR) is 88.4 cm³/mol. The summed E-state index contributed by atoms with van der Waals surface area (Å²) in [5.41, 5.74) is 1.37. The second kappa shape index (κ2) is 6.04. The normalized spacial score (nSPS) is 17.9. The second-order valence-electron chi connectivity index (χ2n) is 6.68. The van der Waals surface area contributed by atoms with Crippen LogP contribution in [0.4, 0.5) is 0 Å². The molecule has 0 spiro atoms. The van der Waals surface area contributed by atoms with Crippen LogP contribution in [0, 0.1) is 0 Å². The smallest absolute Gasteiger partial charge is 0.136 e. The molecule has 0 bridgehead atoms. The minimum Gasteiger partial charge on any atom is -0.312 e. The molecule has 0 amide bonds. The van der Waals surface area contributed by atoms with Gasteiger partial charge in [0.1, 0.15) is 11.6 Å². The van der Waals surface area contributed by atoms with Crippen molar-refractivity contribution < 1.29 is 0 Å². The van der Waals surface area contributed by atoms with Gasteiger partial charge in [-0.2, -0.15) is 0 Å². The maximum Gasteiger partial charge on any atom is 0.136 e. The van der Waals surface area contributed by atoms with Crippen LogP contribution in [0.15, 0.2) is 24.3 Å². The molecule has 2 fully saturated rings. The minimum absolute atomic E-state index is 0.705. The predicted octanol–water partition coefficient (Wildman–Crippen LogP) is 4.71. The molecule has 1 heterocycles. The molecular formula is C18H22ClN3. The fraction of sp³-hybridized carbons (Fsp3) is 0.556. The number of unbranched alkanes of at least 4 members (excludes halogenated alkanes) is 1. The molecule has 22 heavy (non-hydrogen) atoms. The number of halogens is 1. The number of nitrogens with zero attached hydrogens (tertiary/aromatic N) is 3. The van der Waals surface area contributed by atoms with Gasteiger partial charge in [-0.15, -0.1) is 10.2 Å². The lowest BCUT2D eigenvalue weighted by atomic mass is 10.1. The van der Waals surface area contributed by atoms with Gasteiger partial charge in [-0.05, 0) is 62.6 Å². The van der Waals surface area contributed by atoms with Crippen LogP contribution in [0.5, 0.6) is 0 Å². The van der Waals surface area contributed by atoms with E-state index in [4.69, 9.17) is 11.6 Å². The molecule has 3 nitrogen and oxygen atoms in total. The lowest BCUT2D eigenvalue weighted by Gasteiger charge is -2.08. The highest BCUT2D eigenvalue weighted by atomic mass is 35.5. The summed E-state index contributed by atoms with van der Waals surface area (Å²) in [5, 5.41) is 9.79. The number of aromatic nitrogens is 3. The van der Waals surface area contributed by atoms with Crippen molar-refractivity contribution in [1.82, 2.24) is 14.8 Å². The number of aryl methyl sites for hydroxylation is 2. The summed E-state index contributed by atoms with van der Waals surface area (Å²) in [4.78, 5) is 0. The molecule has 116 valence electrons. The van der Waals surface area contributed by atoms with E-state index in [9.17, 15) is 0 Å². The van der Waals surface area contributed by atoms with Crippen LogP contribution in [0.2, 0.25) is 5.02 Å². The van der Waals surface area contributed by atoms with Crippen LogP contribution in [-0.2, 0) is 12.8 Å². The van der Waals surface area contributed by atoms with Gasteiger partial charge in [0.2, 0.25) is 0 Å². The molecule has 2 aliphatic rings. The molecule has 0 atom stereocenters. The van der Waals surface area contributed by atoms with Crippen LogP contribution in [0.3, 0.4) is 0 Å². The van der Waals surface area contributed by atoms with E-state index >= 15 is 0 Å². The summed E-state index contributed by atoms with van der Waals surface area (Å²) in [6.07, 6.45) is 9.79. The Hall–Kier alpha value is -1.35. The zero-order chi connectivity index (χ0) is 14.9. The molecule has 2 saturated carbocycles. The molecule has 4 heteroatoms. The molecule has 0 radical (unpaired) electrons. The Kier molecular flexibility index (Phi) is 3.91. The Bertz CT molecular complexity index is 639. The highest BCUT2D eigenvalue weighted by molar-refractivity contribution is 6.30. The molecule has 0 unspecified atom stereocenters.